The summed E-state index contributed by atoms with van der Waals surface area (Å²) in [6, 6.07) is 3.14. The highest BCUT2D eigenvalue weighted by molar-refractivity contribution is 9.10. The fourth-order valence-corrected chi connectivity index (χ4v) is 2.40. The molecule has 0 aliphatic heterocycles. The van der Waals surface area contributed by atoms with E-state index >= 15 is 0 Å². The maximum Gasteiger partial charge on any atom is 0.148 e. The number of rotatable bonds is 4. The summed E-state index contributed by atoms with van der Waals surface area (Å²) in [4.78, 5) is 0. The van der Waals surface area contributed by atoms with Crippen molar-refractivity contribution in [3.8, 4) is 0 Å². The van der Waals surface area contributed by atoms with Gasteiger partial charge in [0.2, 0.25) is 0 Å². The number of ether oxygens (including phenoxy) is 1. The van der Waals surface area contributed by atoms with E-state index in [1.165, 1.54) is 6.07 Å². The van der Waals surface area contributed by atoms with E-state index in [1.54, 1.807) is 6.07 Å². The quantitative estimate of drug-likeness (QED) is 0.793. The lowest BCUT2D eigenvalue weighted by molar-refractivity contribution is -0.0908. The zero-order valence-corrected chi connectivity index (χ0v) is 13.8. The van der Waals surface area contributed by atoms with Crippen LogP contribution in [-0.2, 0) is 4.74 Å². The van der Waals surface area contributed by atoms with Gasteiger partial charge < -0.3 is 9.84 Å². The summed E-state index contributed by atoms with van der Waals surface area (Å²) >= 11 is 9.00. The highest BCUT2D eigenvalue weighted by Gasteiger charge is 2.34. The second kappa shape index (κ2) is 6.53. The highest BCUT2D eigenvalue weighted by Crippen LogP contribution is 2.37. The molecule has 1 rings (SSSR count). The first-order valence-corrected chi connectivity index (χ1v) is 7.30. The summed E-state index contributed by atoms with van der Waals surface area (Å²) in [6.07, 6.45) is -1.57. The summed E-state index contributed by atoms with van der Waals surface area (Å²) in [5.74, 6) is -0.613. The monoisotopic (exact) mass is 352 g/mol. The summed E-state index contributed by atoms with van der Waals surface area (Å²) in [5, 5.41) is 10.4. The molecule has 5 heteroatoms. The average Bonchev–Trinajstić information content (AvgIpc) is 2.31. The largest absolute Gasteiger partial charge is 0.386 e. The van der Waals surface area contributed by atoms with E-state index in [9.17, 15) is 9.50 Å². The Labute approximate surface area is 127 Å². The van der Waals surface area contributed by atoms with Gasteiger partial charge in [0, 0.05) is 16.6 Å². The van der Waals surface area contributed by atoms with Gasteiger partial charge in [0.15, 0.2) is 0 Å². The van der Waals surface area contributed by atoms with Crippen LogP contribution in [0.3, 0.4) is 0 Å². The molecule has 19 heavy (non-hydrogen) atoms. The third-order valence-corrected chi connectivity index (χ3v) is 4.13. The first-order chi connectivity index (χ1) is 8.70. The minimum Gasteiger partial charge on any atom is -0.386 e. The highest BCUT2D eigenvalue weighted by atomic mass is 79.9. The molecule has 0 fully saturated rings. The van der Waals surface area contributed by atoms with Crippen molar-refractivity contribution in [1.82, 2.24) is 0 Å². The summed E-state index contributed by atoms with van der Waals surface area (Å²) < 4.78 is 20.2. The predicted octanol–water partition coefficient (Wildman–Crippen LogP) is 4.73. The van der Waals surface area contributed by atoms with Gasteiger partial charge in [-0.25, -0.2) is 4.39 Å². The van der Waals surface area contributed by atoms with Crippen LogP contribution in [0.15, 0.2) is 16.6 Å². The summed E-state index contributed by atoms with van der Waals surface area (Å²) in [5.41, 5.74) is -0.164. The molecule has 1 aromatic carbocycles. The molecule has 0 saturated carbocycles. The fourth-order valence-electron chi connectivity index (χ4n) is 1.93. The maximum absolute atomic E-state index is 14.1. The lowest BCUT2D eigenvalue weighted by Crippen LogP contribution is -2.35. The molecular weight excluding hydrogens is 335 g/mol. The van der Waals surface area contributed by atoms with Gasteiger partial charge in [-0.3, -0.25) is 0 Å². The molecule has 0 saturated heterocycles. The van der Waals surface area contributed by atoms with Crippen LogP contribution in [0.2, 0.25) is 5.02 Å². The lowest BCUT2D eigenvalue weighted by atomic mass is 9.83. The molecule has 1 aromatic rings. The van der Waals surface area contributed by atoms with Gasteiger partial charge in [0.05, 0.1) is 11.1 Å². The summed E-state index contributed by atoms with van der Waals surface area (Å²) in [6.45, 7) is 8.11. The number of aliphatic hydroxyl groups is 1. The van der Waals surface area contributed by atoms with Crippen LogP contribution in [0.4, 0.5) is 4.39 Å². The first-order valence-electron chi connectivity index (χ1n) is 6.13. The second-order valence-corrected chi connectivity index (χ2v) is 6.68. The smallest absolute Gasteiger partial charge is 0.148 e. The predicted molar refractivity (Wildman–Crippen MR) is 78.9 cm³/mol. The molecule has 0 aromatic heterocycles. The Hall–Kier alpha value is -0.160. The van der Waals surface area contributed by atoms with Gasteiger partial charge in [-0.15, -0.1) is 0 Å². The third-order valence-electron chi connectivity index (χ3n) is 2.87. The topological polar surface area (TPSA) is 29.5 Å². The average molecular weight is 354 g/mol. The Morgan fingerprint density at radius 3 is 2.47 bits per heavy atom. The Kier molecular flexibility index (Phi) is 5.80. The molecule has 0 amide bonds. The molecular formula is C14H19BrClFO2. The number of aliphatic hydroxyl groups excluding tert-OH is 1. The van der Waals surface area contributed by atoms with Crippen LogP contribution < -0.4 is 0 Å². The molecule has 0 aliphatic carbocycles. The van der Waals surface area contributed by atoms with Crippen LogP contribution in [0, 0.1) is 11.2 Å². The molecule has 0 bridgehead atoms. The molecule has 0 heterocycles. The molecule has 0 aliphatic rings. The molecule has 2 unspecified atom stereocenters. The van der Waals surface area contributed by atoms with E-state index in [-0.39, 0.29) is 16.0 Å². The minimum atomic E-state index is -1.06. The van der Waals surface area contributed by atoms with Crippen LogP contribution >= 0.6 is 27.5 Å². The van der Waals surface area contributed by atoms with Crippen LogP contribution in [-0.4, -0.2) is 17.8 Å². The van der Waals surface area contributed by atoms with Crippen LogP contribution in [0.5, 0.6) is 0 Å². The van der Waals surface area contributed by atoms with Crippen LogP contribution in [0.25, 0.3) is 0 Å². The molecule has 0 spiro atoms. The van der Waals surface area contributed by atoms with E-state index in [2.05, 4.69) is 15.9 Å². The van der Waals surface area contributed by atoms with Crippen molar-refractivity contribution in [1.29, 1.82) is 0 Å². The summed E-state index contributed by atoms with van der Waals surface area (Å²) in [7, 11) is 0. The van der Waals surface area contributed by atoms with Gasteiger partial charge in [-0.1, -0.05) is 38.4 Å². The lowest BCUT2D eigenvalue weighted by Gasteiger charge is -2.34. The van der Waals surface area contributed by atoms with Crippen molar-refractivity contribution >= 4 is 27.5 Å². The molecule has 2 atom stereocenters. The molecule has 108 valence electrons. The molecule has 2 nitrogen and oxygen atoms in total. The first kappa shape index (κ1) is 16.9. The minimum absolute atomic E-state index is 0.0271. The normalized spacial score (nSPS) is 15.4. The second-order valence-electron chi connectivity index (χ2n) is 5.45. The number of hydrogen-bond acceptors (Lipinski definition) is 2. The van der Waals surface area contributed by atoms with Gasteiger partial charge in [0.1, 0.15) is 11.9 Å². The molecule has 1 N–H and O–H groups in total. The zero-order chi connectivity index (χ0) is 14.8. The van der Waals surface area contributed by atoms with Crippen molar-refractivity contribution in [3.05, 3.63) is 33.0 Å². The standard InChI is InChI=1S/C14H19BrClFO2/c1-5-19-13(14(2,3)4)12(18)8-6-7-9(15)10(16)11(8)17/h6-7,12-13,18H,5H2,1-4H3. The Balaban J connectivity index is 3.17. The van der Waals surface area contributed by atoms with E-state index in [1.807, 2.05) is 27.7 Å². The van der Waals surface area contributed by atoms with E-state index in [4.69, 9.17) is 16.3 Å². The molecule has 0 radical (unpaired) electrons. The van der Waals surface area contributed by atoms with Gasteiger partial charge >= 0.3 is 0 Å². The Bertz CT molecular complexity index is 446. The van der Waals surface area contributed by atoms with Crippen molar-refractivity contribution in [2.75, 3.05) is 6.61 Å². The van der Waals surface area contributed by atoms with Gasteiger partial charge in [-0.05, 0) is 34.3 Å². The Morgan fingerprint density at radius 2 is 2.00 bits per heavy atom. The van der Waals surface area contributed by atoms with Gasteiger partial charge in [0.25, 0.3) is 0 Å². The van der Waals surface area contributed by atoms with Crippen molar-refractivity contribution in [2.24, 2.45) is 5.41 Å². The van der Waals surface area contributed by atoms with Gasteiger partial charge in [-0.2, -0.15) is 0 Å². The Morgan fingerprint density at radius 1 is 1.42 bits per heavy atom. The zero-order valence-electron chi connectivity index (χ0n) is 11.5. The third kappa shape index (κ3) is 3.91. The fraction of sp³-hybridized carbons (Fsp3) is 0.571. The van der Waals surface area contributed by atoms with Crippen LogP contribution in [0.1, 0.15) is 39.4 Å². The van der Waals surface area contributed by atoms with E-state index < -0.39 is 18.0 Å². The maximum atomic E-state index is 14.1. The van der Waals surface area contributed by atoms with E-state index in [0.717, 1.165) is 0 Å². The SMILES string of the molecule is CCOC(C(O)c1ccc(Br)c(Cl)c1F)C(C)(C)C. The van der Waals surface area contributed by atoms with Crippen molar-refractivity contribution < 1.29 is 14.2 Å². The van der Waals surface area contributed by atoms with Crippen molar-refractivity contribution in [2.45, 2.75) is 39.9 Å². The van der Waals surface area contributed by atoms with Crippen molar-refractivity contribution in [3.63, 3.8) is 0 Å². The van der Waals surface area contributed by atoms with E-state index in [0.29, 0.717) is 11.1 Å². The number of hydrogen-bond donors (Lipinski definition) is 1. The number of halogens is 3. The number of benzene rings is 1.